The first-order valence-electron chi connectivity index (χ1n) is 7.39. The molecule has 2 N–H and O–H groups in total. The minimum Gasteiger partial charge on any atom is -0.491 e. The Kier molecular flexibility index (Phi) is 6.91. The molecule has 132 valence electrons. The zero-order chi connectivity index (χ0) is 18.2. The number of rotatable bonds is 6. The zero-order valence-electron chi connectivity index (χ0n) is 13.7. The lowest BCUT2D eigenvalue weighted by atomic mass is 10.2. The summed E-state index contributed by atoms with van der Waals surface area (Å²) in [6.45, 7) is 2.33. The topological polar surface area (TPSA) is 72.0 Å². The van der Waals surface area contributed by atoms with Crippen LogP contribution in [-0.4, -0.2) is 26.0 Å². The van der Waals surface area contributed by atoms with Gasteiger partial charge < -0.3 is 14.8 Å². The van der Waals surface area contributed by atoms with E-state index in [1.165, 1.54) is 13.3 Å². The standard InChI is InChI=1S/C17H17Cl2N3O3/c1-3-25-15-9-11(8-14(19)16(15)24-2)10-20-22-17(23)21-13-6-4-12(18)5-7-13/h4-10H,3H2,1-2H3,(H2,21,22,23)/b20-10-. The van der Waals surface area contributed by atoms with E-state index in [1.807, 2.05) is 6.92 Å². The van der Waals surface area contributed by atoms with E-state index in [0.717, 1.165) is 0 Å². The molecule has 0 aromatic heterocycles. The molecular weight excluding hydrogens is 365 g/mol. The van der Waals surface area contributed by atoms with Gasteiger partial charge in [0.2, 0.25) is 0 Å². The number of halogens is 2. The average molecular weight is 382 g/mol. The molecule has 0 bridgehead atoms. The van der Waals surface area contributed by atoms with Crippen LogP contribution in [0.2, 0.25) is 10.0 Å². The molecule has 0 saturated carbocycles. The van der Waals surface area contributed by atoms with Gasteiger partial charge in [0.15, 0.2) is 11.5 Å². The van der Waals surface area contributed by atoms with Gasteiger partial charge in [0.25, 0.3) is 0 Å². The van der Waals surface area contributed by atoms with Gasteiger partial charge in [0.1, 0.15) is 0 Å². The Morgan fingerprint density at radius 2 is 1.96 bits per heavy atom. The molecular formula is C17H17Cl2N3O3. The number of carbonyl (C=O) groups is 1. The summed E-state index contributed by atoms with van der Waals surface area (Å²) in [6.07, 6.45) is 1.45. The highest BCUT2D eigenvalue weighted by molar-refractivity contribution is 6.32. The number of carbonyl (C=O) groups excluding carboxylic acids is 1. The van der Waals surface area contributed by atoms with E-state index in [0.29, 0.717) is 39.4 Å². The van der Waals surface area contributed by atoms with E-state index in [4.69, 9.17) is 32.7 Å². The van der Waals surface area contributed by atoms with Crippen molar-refractivity contribution >= 4 is 41.1 Å². The Balaban J connectivity index is 2.01. The van der Waals surface area contributed by atoms with Gasteiger partial charge in [-0.1, -0.05) is 23.2 Å². The fourth-order valence-electron chi connectivity index (χ4n) is 1.98. The zero-order valence-corrected chi connectivity index (χ0v) is 15.2. The highest BCUT2D eigenvalue weighted by Gasteiger charge is 2.10. The van der Waals surface area contributed by atoms with E-state index in [1.54, 1.807) is 36.4 Å². The van der Waals surface area contributed by atoms with Crippen molar-refractivity contribution in [3.8, 4) is 11.5 Å². The summed E-state index contributed by atoms with van der Waals surface area (Å²) in [4.78, 5) is 11.8. The van der Waals surface area contributed by atoms with Crippen LogP contribution in [0.3, 0.4) is 0 Å². The first-order valence-corrected chi connectivity index (χ1v) is 8.15. The minimum atomic E-state index is -0.483. The quantitative estimate of drug-likeness (QED) is 0.569. The number of hydrazone groups is 1. The van der Waals surface area contributed by atoms with Gasteiger partial charge in [0, 0.05) is 10.7 Å². The monoisotopic (exact) mass is 381 g/mol. The molecule has 0 radical (unpaired) electrons. The maximum atomic E-state index is 11.8. The van der Waals surface area contributed by atoms with Gasteiger partial charge in [-0.2, -0.15) is 5.10 Å². The molecule has 2 aromatic carbocycles. The van der Waals surface area contributed by atoms with Crippen molar-refractivity contribution in [2.75, 3.05) is 19.0 Å². The molecule has 0 heterocycles. The van der Waals surface area contributed by atoms with E-state index in [-0.39, 0.29) is 0 Å². The molecule has 6 nitrogen and oxygen atoms in total. The molecule has 0 atom stereocenters. The van der Waals surface area contributed by atoms with Crippen LogP contribution in [0.4, 0.5) is 10.5 Å². The number of anilines is 1. The maximum absolute atomic E-state index is 11.8. The summed E-state index contributed by atoms with van der Waals surface area (Å²) in [7, 11) is 1.51. The Morgan fingerprint density at radius 1 is 1.24 bits per heavy atom. The Hall–Kier alpha value is -2.44. The number of hydrogen-bond donors (Lipinski definition) is 2. The molecule has 2 amide bonds. The fourth-order valence-corrected chi connectivity index (χ4v) is 2.40. The molecule has 0 saturated heterocycles. The van der Waals surface area contributed by atoms with Crippen LogP contribution < -0.4 is 20.2 Å². The van der Waals surface area contributed by atoms with Crippen molar-refractivity contribution in [2.45, 2.75) is 6.92 Å². The number of benzene rings is 2. The van der Waals surface area contributed by atoms with Crippen LogP contribution in [0, 0.1) is 0 Å². The van der Waals surface area contributed by atoms with Crippen LogP contribution in [-0.2, 0) is 0 Å². The predicted molar refractivity (Wildman–Crippen MR) is 100 cm³/mol. The Bertz CT molecular complexity index is 764. The first-order chi connectivity index (χ1) is 12.0. The van der Waals surface area contributed by atoms with Gasteiger partial charge in [-0.3, -0.25) is 0 Å². The molecule has 0 aliphatic rings. The van der Waals surface area contributed by atoms with E-state index in [9.17, 15) is 4.79 Å². The van der Waals surface area contributed by atoms with Crippen LogP contribution in [0.15, 0.2) is 41.5 Å². The molecule has 0 aliphatic carbocycles. The lowest BCUT2D eigenvalue weighted by Gasteiger charge is -2.11. The normalized spacial score (nSPS) is 10.6. The second kappa shape index (κ2) is 9.15. The summed E-state index contributed by atoms with van der Waals surface area (Å²) in [6, 6.07) is 9.61. The third kappa shape index (κ3) is 5.55. The van der Waals surface area contributed by atoms with Gasteiger partial charge in [-0.15, -0.1) is 0 Å². The summed E-state index contributed by atoms with van der Waals surface area (Å²) in [5.74, 6) is 0.957. The van der Waals surface area contributed by atoms with E-state index >= 15 is 0 Å². The van der Waals surface area contributed by atoms with Crippen molar-refractivity contribution in [3.63, 3.8) is 0 Å². The summed E-state index contributed by atoms with van der Waals surface area (Å²) in [5, 5.41) is 7.49. The second-order valence-corrected chi connectivity index (χ2v) is 5.64. The molecule has 25 heavy (non-hydrogen) atoms. The maximum Gasteiger partial charge on any atom is 0.339 e. The average Bonchev–Trinajstić information content (AvgIpc) is 2.57. The highest BCUT2D eigenvalue weighted by atomic mass is 35.5. The van der Waals surface area contributed by atoms with Crippen molar-refractivity contribution in [1.82, 2.24) is 5.43 Å². The van der Waals surface area contributed by atoms with Gasteiger partial charge in [-0.25, -0.2) is 10.2 Å². The number of hydrogen-bond acceptors (Lipinski definition) is 4. The smallest absolute Gasteiger partial charge is 0.339 e. The van der Waals surface area contributed by atoms with Crippen molar-refractivity contribution in [2.24, 2.45) is 5.10 Å². The first kappa shape index (κ1) is 18.9. The van der Waals surface area contributed by atoms with E-state index in [2.05, 4.69) is 15.8 Å². The molecule has 0 spiro atoms. The number of amides is 2. The van der Waals surface area contributed by atoms with Gasteiger partial charge >= 0.3 is 6.03 Å². The Labute approximate surface area is 155 Å². The van der Waals surface area contributed by atoms with Crippen LogP contribution in [0.25, 0.3) is 0 Å². The molecule has 2 rings (SSSR count). The molecule has 2 aromatic rings. The highest BCUT2D eigenvalue weighted by Crippen LogP contribution is 2.35. The van der Waals surface area contributed by atoms with Crippen molar-refractivity contribution in [3.05, 3.63) is 52.0 Å². The SMILES string of the molecule is CCOc1cc(/C=N\NC(=O)Nc2ccc(Cl)cc2)cc(Cl)c1OC. The Morgan fingerprint density at radius 3 is 2.60 bits per heavy atom. The van der Waals surface area contributed by atoms with Gasteiger partial charge in [-0.05, 0) is 48.9 Å². The summed E-state index contributed by atoms with van der Waals surface area (Å²) < 4.78 is 10.7. The number of nitrogens with zero attached hydrogens (tertiary/aromatic N) is 1. The van der Waals surface area contributed by atoms with Crippen molar-refractivity contribution in [1.29, 1.82) is 0 Å². The lowest BCUT2D eigenvalue weighted by Crippen LogP contribution is -2.24. The third-order valence-corrected chi connectivity index (χ3v) is 3.55. The summed E-state index contributed by atoms with van der Waals surface area (Å²) in [5.41, 5.74) is 3.62. The fraction of sp³-hybridized carbons (Fsp3) is 0.176. The summed E-state index contributed by atoms with van der Waals surface area (Å²) >= 11 is 11.9. The number of nitrogens with one attached hydrogen (secondary N) is 2. The largest absolute Gasteiger partial charge is 0.491 e. The number of methoxy groups -OCH3 is 1. The van der Waals surface area contributed by atoms with Crippen LogP contribution in [0.1, 0.15) is 12.5 Å². The van der Waals surface area contributed by atoms with Crippen LogP contribution >= 0.6 is 23.2 Å². The molecule has 0 fully saturated rings. The van der Waals surface area contributed by atoms with Gasteiger partial charge in [0.05, 0.1) is 25.0 Å². The molecule has 8 heteroatoms. The van der Waals surface area contributed by atoms with E-state index < -0.39 is 6.03 Å². The predicted octanol–water partition coefficient (Wildman–Crippen LogP) is 4.56. The number of urea groups is 1. The lowest BCUT2D eigenvalue weighted by molar-refractivity contribution is 0.252. The molecule has 0 unspecified atom stereocenters. The second-order valence-electron chi connectivity index (χ2n) is 4.80. The van der Waals surface area contributed by atoms with Crippen LogP contribution in [0.5, 0.6) is 11.5 Å². The minimum absolute atomic E-state index is 0.389. The third-order valence-electron chi connectivity index (χ3n) is 3.02. The molecule has 0 aliphatic heterocycles. The van der Waals surface area contributed by atoms with Crippen molar-refractivity contribution < 1.29 is 14.3 Å². The number of ether oxygens (including phenoxy) is 2.